The number of anilines is 2. The van der Waals surface area contributed by atoms with Gasteiger partial charge in [0.2, 0.25) is 5.95 Å². The van der Waals surface area contributed by atoms with Gasteiger partial charge in [-0.1, -0.05) is 12.1 Å². The lowest BCUT2D eigenvalue weighted by atomic mass is 9.95. The highest BCUT2D eigenvalue weighted by Gasteiger charge is 2.32. The molecule has 1 aliphatic rings. The SMILES string of the molecule is Cc1c(-c2ccnn2-c2ccc(N)cc2)cn2nc(NC(=O)C[N+]3(C)CCN(C)CC3)nc2c1-c1cccc(C(F)(F)F)c1. The van der Waals surface area contributed by atoms with E-state index in [1.165, 1.54) is 10.6 Å². The number of nitrogen functional groups attached to an aromatic ring is 1. The summed E-state index contributed by atoms with van der Waals surface area (Å²) in [5.41, 5.74) is 9.62. The predicted molar refractivity (Wildman–Crippen MR) is 162 cm³/mol. The van der Waals surface area contributed by atoms with Crippen molar-refractivity contribution in [3.05, 3.63) is 78.1 Å². The summed E-state index contributed by atoms with van der Waals surface area (Å²) in [6, 6.07) is 14.1. The summed E-state index contributed by atoms with van der Waals surface area (Å²) in [6.45, 7) is 5.56. The molecule has 0 aliphatic carbocycles. The van der Waals surface area contributed by atoms with Crippen LogP contribution in [0.4, 0.5) is 24.8 Å². The van der Waals surface area contributed by atoms with E-state index in [2.05, 4.69) is 39.5 Å². The summed E-state index contributed by atoms with van der Waals surface area (Å²) in [4.78, 5) is 20.0. The van der Waals surface area contributed by atoms with E-state index in [1.807, 2.05) is 25.1 Å². The van der Waals surface area contributed by atoms with Crippen molar-refractivity contribution in [3.63, 3.8) is 0 Å². The Morgan fingerprint density at radius 3 is 2.52 bits per heavy atom. The smallest absolute Gasteiger partial charge is 0.399 e. The van der Waals surface area contributed by atoms with Crippen LogP contribution in [0.15, 0.2) is 67.0 Å². The minimum Gasteiger partial charge on any atom is -0.399 e. The van der Waals surface area contributed by atoms with Crippen LogP contribution in [0.2, 0.25) is 0 Å². The van der Waals surface area contributed by atoms with E-state index in [0.717, 1.165) is 44.0 Å². The van der Waals surface area contributed by atoms with E-state index < -0.39 is 11.7 Å². The summed E-state index contributed by atoms with van der Waals surface area (Å²) in [7, 11) is 4.11. The van der Waals surface area contributed by atoms with Gasteiger partial charge in [0.1, 0.15) is 0 Å². The lowest BCUT2D eigenvalue weighted by molar-refractivity contribution is -0.905. The lowest BCUT2D eigenvalue weighted by Crippen LogP contribution is -2.58. The molecule has 0 spiro atoms. The highest BCUT2D eigenvalue weighted by molar-refractivity contribution is 5.91. The maximum absolute atomic E-state index is 13.8. The minimum absolute atomic E-state index is 0.0764. The molecule has 5 aromatic rings. The molecule has 1 amide bonds. The number of nitrogens with two attached hydrogens (primary N) is 1. The fourth-order valence-electron chi connectivity index (χ4n) is 5.66. The molecule has 6 rings (SSSR count). The molecular weight excluding hydrogens is 571 g/mol. The normalized spacial score (nSPS) is 15.5. The van der Waals surface area contributed by atoms with Crippen LogP contribution in [0.1, 0.15) is 11.1 Å². The number of carbonyl (C=O) groups excluding carboxylic acids is 1. The number of quaternary nitrogens is 1. The second-order valence-corrected chi connectivity index (χ2v) is 11.6. The zero-order valence-corrected chi connectivity index (χ0v) is 24.6. The molecule has 0 bridgehead atoms. The van der Waals surface area contributed by atoms with E-state index in [0.29, 0.717) is 43.8 Å². The van der Waals surface area contributed by atoms with Crippen LogP contribution in [0.3, 0.4) is 0 Å². The number of pyridine rings is 1. The first-order chi connectivity index (χ1) is 20.9. The number of halogens is 3. The van der Waals surface area contributed by atoms with Crippen LogP contribution in [0.5, 0.6) is 0 Å². The van der Waals surface area contributed by atoms with Crippen LogP contribution in [0.25, 0.3) is 33.7 Å². The van der Waals surface area contributed by atoms with Crippen LogP contribution in [-0.4, -0.2) is 86.5 Å². The van der Waals surface area contributed by atoms with E-state index in [9.17, 15) is 18.0 Å². The molecule has 13 heteroatoms. The number of hydrogen-bond acceptors (Lipinski definition) is 6. The summed E-state index contributed by atoms with van der Waals surface area (Å²) >= 11 is 0. The summed E-state index contributed by atoms with van der Waals surface area (Å²) in [5.74, 6) is -0.153. The number of alkyl halides is 3. The second-order valence-electron chi connectivity index (χ2n) is 11.6. The van der Waals surface area contributed by atoms with Crippen molar-refractivity contribution in [2.24, 2.45) is 0 Å². The van der Waals surface area contributed by atoms with Gasteiger partial charge in [-0.2, -0.15) is 23.3 Å². The number of fused-ring (bicyclic) bond motifs is 1. The molecule has 2 aromatic carbocycles. The number of amides is 1. The number of nitrogens with one attached hydrogen (secondary N) is 1. The number of aromatic nitrogens is 5. The maximum Gasteiger partial charge on any atom is 0.416 e. The first-order valence-corrected chi connectivity index (χ1v) is 14.2. The molecular formula is C31H33F3N9O+. The van der Waals surface area contributed by atoms with Gasteiger partial charge in [-0.15, -0.1) is 5.10 Å². The number of likely N-dealkylation sites (N-methyl/N-ethyl adjacent to an activating group) is 2. The Balaban J connectivity index is 1.45. The van der Waals surface area contributed by atoms with E-state index >= 15 is 0 Å². The van der Waals surface area contributed by atoms with Crippen molar-refractivity contribution in [1.29, 1.82) is 0 Å². The maximum atomic E-state index is 13.8. The molecule has 10 nitrogen and oxygen atoms in total. The van der Waals surface area contributed by atoms with Gasteiger partial charge in [0.15, 0.2) is 12.2 Å². The van der Waals surface area contributed by atoms with Gasteiger partial charge < -0.3 is 10.2 Å². The average molecular weight is 605 g/mol. The third-order valence-corrected chi connectivity index (χ3v) is 8.24. The van der Waals surface area contributed by atoms with E-state index in [1.54, 1.807) is 35.3 Å². The Morgan fingerprint density at radius 2 is 1.82 bits per heavy atom. The Kier molecular flexibility index (Phi) is 7.38. The van der Waals surface area contributed by atoms with Gasteiger partial charge in [-0.25, -0.2) is 9.20 Å². The average Bonchev–Trinajstić information content (AvgIpc) is 3.61. The third-order valence-electron chi connectivity index (χ3n) is 8.24. The monoisotopic (exact) mass is 604 g/mol. The van der Waals surface area contributed by atoms with E-state index in [-0.39, 0.29) is 18.4 Å². The number of nitrogens with zero attached hydrogens (tertiary/aromatic N) is 7. The van der Waals surface area contributed by atoms with E-state index in [4.69, 9.17) is 5.73 Å². The van der Waals surface area contributed by atoms with Gasteiger partial charge in [-0.3, -0.25) is 15.0 Å². The summed E-state index contributed by atoms with van der Waals surface area (Å²) in [5, 5.41) is 11.9. The second kappa shape index (κ2) is 11.1. The fourth-order valence-corrected chi connectivity index (χ4v) is 5.66. The quantitative estimate of drug-likeness (QED) is 0.219. The third kappa shape index (κ3) is 5.75. The minimum atomic E-state index is -4.53. The van der Waals surface area contributed by atoms with Gasteiger partial charge in [-0.05, 0) is 67.6 Å². The highest BCUT2D eigenvalue weighted by atomic mass is 19.4. The fraction of sp³-hybridized carbons (Fsp3) is 0.290. The zero-order chi connectivity index (χ0) is 31.2. The Labute approximate surface area is 252 Å². The predicted octanol–water partition coefficient (Wildman–Crippen LogP) is 4.49. The van der Waals surface area contributed by atoms with Crippen molar-refractivity contribution >= 4 is 23.2 Å². The van der Waals surface area contributed by atoms with Crippen LogP contribution >= 0.6 is 0 Å². The lowest BCUT2D eigenvalue weighted by Gasteiger charge is -2.40. The van der Waals surface area contributed by atoms with Gasteiger partial charge in [0, 0.05) is 36.1 Å². The molecule has 1 saturated heterocycles. The Hall–Kier alpha value is -4.75. The van der Waals surface area contributed by atoms with Crippen molar-refractivity contribution in [2.75, 3.05) is 57.9 Å². The first kappa shape index (κ1) is 29.3. The number of piperazine rings is 1. The highest BCUT2D eigenvalue weighted by Crippen LogP contribution is 2.38. The molecule has 1 aliphatic heterocycles. The van der Waals surface area contributed by atoms with Crippen molar-refractivity contribution < 1.29 is 22.4 Å². The number of benzene rings is 2. The number of rotatable bonds is 6. The summed E-state index contributed by atoms with van der Waals surface area (Å²) in [6.07, 6.45) is -1.13. The number of hydrogen-bond donors (Lipinski definition) is 2. The van der Waals surface area contributed by atoms with Crippen LogP contribution < -0.4 is 11.1 Å². The van der Waals surface area contributed by atoms with Crippen molar-refractivity contribution in [2.45, 2.75) is 13.1 Å². The van der Waals surface area contributed by atoms with Crippen LogP contribution in [-0.2, 0) is 11.0 Å². The molecule has 44 heavy (non-hydrogen) atoms. The van der Waals surface area contributed by atoms with Gasteiger partial charge in [0.25, 0.3) is 5.91 Å². The van der Waals surface area contributed by atoms with Crippen LogP contribution in [0, 0.1) is 6.92 Å². The first-order valence-electron chi connectivity index (χ1n) is 14.2. The topological polar surface area (TPSA) is 106 Å². The zero-order valence-electron chi connectivity index (χ0n) is 24.6. The number of carbonyl (C=O) groups is 1. The molecule has 0 atom stereocenters. The van der Waals surface area contributed by atoms with Gasteiger partial charge in [0.05, 0.1) is 43.3 Å². The molecule has 0 radical (unpaired) electrons. The van der Waals surface area contributed by atoms with Crippen molar-refractivity contribution in [1.82, 2.24) is 29.3 Å². The Bertz CT molecular complexity index is 1830. The van der Waals surface area contributed by atoms with Gasteiger partial charge >= 0.3 is 6.18 Å². The molecule has 0 unspecified atom stereocenters. The molecule has 3 aromatic heterocycles. The summed E-state index contributed by atoms with van der Waals surface area (Å²) < 4.78 is 45.1. The largest absolute Gasteiger partial charge is 0.416 e. The molecule has 1 fully saturated rings. The molecule has 3 N–H and O–H groups in total. The molecule has 228 valence electrons. The van der Waals surface area contributed by atoms with Crippen molar-refractivity contribution in [3.8, 4) is 28.1 Å². The Morgan fingerprint density at radius 1 is 1.09 bits per heavy atom. The standard InChI is InChI=1S/C31H32F3N9O/c1-20-25(26-11-12-36-42(26)24-9-7-23(35)8-10-24)18-41-29(28(20)21-5-4-6-22(17-21)31(32,33)34)38-30(39-41)37-27(44)19-43(3)15-13-40(2)14-16-43/h4-12,17-18H,13-16,19,35H2,1-3H3/p+1. The molecule has 4 heterocycles. The molecule has 0 saturated carbocycles.